The second-order valence-electron chi connectivity index (χ2n) is 2.85. The summed E-state index contributed by atoms with van der Waals surface area (Å²) in [5, 5.41) is 10.4. The lowest BCUT2D eigenvalue weighted by molar-refractivity contribution is -0.385. The summed E-state index contributed by atoms with van der Waals surface area (Å²) in [6.07, 6.45) is -5.17. The molecule has 0 bridgehead atoms. The highest BCUT2D eigenvalue weighted by molar-refractivity contribution is 6.40. The molecule has 0 saturated heterocycles. The van der Waals surface area contributed by atoms with Crippen LogP contribution in [-0.2, 0) is 0 Å². The van der Waals surface area contributed by atoms with Gasteiger partial charge in [0.25, 0.3) is 11.5 Å². The molecule has 0 radical (unpaired) electrons. The number of rotatable bonds is 2. The number of nitro groups is 1. The van der Waals surface area contributed by atoms with E-state index in [1.807, 2.05) is 0 Å². The number of hydrogen-bond acceptors (Lipinski definition) is 3. The van der Waals surface area contributed by atoms with Crippen molar-refractivity contribution >= 4 is 46.3 Å². The second-order valence-corrected chi connectivity index (χ2v) is 4.09. The van der Waals surface area contributed by atoms with Crippen LogP contribution in [0.25, 0.3) is 0 Å². The van der Waals surface area contributed by atoms with Gasteiger partial charge < -0.3 is 0 Å². The van der Waals surface area contributed by atoms with Crippen molar-refractivity contribution in [2.45, 2.75) is 6.18 Å². The summed E-state index contributed by atoms with van der Waals surface area (Å²) >= 11 is 14.9. The first-order valence-corrected chi connectivity index (χ1v) is 5.77. The van der Waals surface area contributed by atoms with Crippen molar-refractivity contribution in [1.82, 2.24) is 0 Å². The van der Waals surface area contributed by atoms with Crippen molar-refractivity contribution in [1.29, 1.82) is 0 Å². The molecular formula is C9H5Cl3F3NO3. The Bertz CT molecular complexity index is 480. The highest BCUT2D eigenvalue weighted by Gasteiger charge is 2.42. The van der Waals surface area contributed by atoms with Crippen molar-refractivity contribution in [2.24, 2.45) is 0 Å². The van der Waals surface area contributed by atoms with Crippen LogP contribution in [0.15, 0.2) is 18.2 Å². The van der Waals surface area contributed by atoms with Gasteiger partial charge in [-0.2, -0.15) is 13.2 Å². The second kappa shape index (κ2) is 7.52. The van der Waals surface area contributed by atoms with Crippen molar-refractivity contribution in [3.8, 4) is 0 Å². The van der Waals surface area contributed by atoms with Gasteiger partial charge in [-0.25, -0.2) is 0 Å². The molecule has 1 aromatic rings. The summed E-state index contributed by atoms with van der Waals surface area (Å²) in [6.45, 7) is 0. The molecule has 0 unspecified atom stereocenters. The van der Waals surface area contributed by atoms with Crippen LogP contribution >= 0.6 is 34.8 Å². The Labute approximate surface area is 120 Å². The minimum Gasteiger partial charge on any atom is -0.284 e. The van der Waals surface area contributed by atoms with E-state index in [2.05, 4.69) is 0 Å². The normalized spacial score (nSPS) is 10.4. The first kappa shape index (κ1) is 17.9. The summed E-state index contributed by atoms with van der Waals surface area (Å²) in [6, 6.07) is 2.41. The predicted molar refractivity (Wildman–Crippen MR) is 65.1 cm³/mol. The number of Topliss-reactive ketones (excluding diaryl/α,β-unsaturated/α-hetero) is 1. The molecule has 19 heavy (non-hydrogen) atoms. The van der Waals surface area contributed by atoms with Crippen LogP contribution in [0.3, 0.4) is 0 Å². The molecule has 4 nitrogen and oxygen atoms in total. The Morgan fingerprint density at radius 3 is 2.16 bits per heavy atom. The molecule has 0 atom stereocenters. The lowest BCUT2D eigenvalue weighted by atomic mass is 10.1. The van der Waals surface area contributed by atoms with Gasteiger partial charge in [-0.05, 0) is 12.1 Å². The number of hydrogen-bond donors (Lipinski definition) is 0. The Morgan fingerprint density at radius 2 is 1.79 bits per heavy atom. The van der Waals surface area contributed by atoms with E-state index in [9.17, 15) is 28.1 Å². The van der Waals surface area contributed by atoms with Crippen LogP contribution < -0.4 is 0 Å². The zero-order valence-electron chi connectivity index (χ0n) is 8.88. The molecule has 0 aromatic heterocycles. The summed E-state index contributed by atoms with van der Waals surface area (Å²) < 4.78 is 36.3. The smallest absolute Gasteiger partial charge is 0.284 e. The summed E-state index contributed by atoms with van der Waals surface area (Å²) in [4.78, 5) is 20.2. The highest BCUT2D eigenvalue weighted by Crippen LogP contribution is 2.29. The maximum absolute atomic E-state index is 12.1. The molecule has 0 saturated carbocycles. The van der Waals surface area contributed by atoms with E-state index in [-0.39, 0.29) is 10.4 Å². The average molecular weight is 338 g/mol. The minimum atomic E-state index is -5.17. The van der Waals surface area contributed by atoms with E-state index in [4.69, 9.17) is 34.8 Å². The summed E-state index contributed by atoms with van der Waals surface area (Å²) in [5.74, 6) is -2.29. The zero-order chi connectivity index (χ0) is 15.2. The molecular weight excluding hydrogens is 333 g/mol. The average Bonchev–Trinajstić information content (AvgIpc) is 2.27. The van der Waals surface area contributed by atoms with Gasteiger partial charge in [0.1, 0.15) is 5.56 Å². The Morgan fingerprint density at radius 1 is 1.32 bits per heavy atom. The first-order valence-electron chi connectivity index (χ1n) is 4.32. The van der Waals surface area contributed by atoms with Crippen LogP contribution in [0, 0.1) is 10.1 Å². The Kier molecular flexibility index (Phi) is 7.10. The number of nitro benzene ring substituents is 1. The monoisotopic (exact) mass is 337 g/mol. The third-order valence-electron chi connectivity index (χ3n) is 1.66. The van der Waals surface area contributed by atoms with E-state index in [0.29, 0.717) is 6.07 Å². The lowest BCUT2D eigenvalue weighted by Crippen LogP contribution is -2.23. The molecule has 10 heteroatoms. The van der Waals surface area contributed by atoms with Crippen molar-refractivity contribution < 1.29 is 22.9 Å². The number of alkyl halides is 5. The molecule has 0 aliphatic carbocycles. The molecule has 106 valence electrons. The maximum Gasteiger partial charge on any atom is 0.455 e. The number of benzene rings is 1. The number of ketones is 1. The summed E-state index contributed by atoms with van der Waals surface area (Å²) in [7, 11) is 0. The maximum atomic E-state index is 12.1. The van der Waals surface area contributed by atoms with Gasteiger partial charge in [-0.15, -0.1) is 23.2 Å². The van der Waals surface area contributed by atoms with Crippen molar-refractivity contribution in [3.05, 3.63) is 38.9 Å². The molecule has 0 N–H and O–H groups in total. The molecule has 1 rings (SSSR count). The molecule has 0 aliphatic heterocycles. The topological polar surface area (TPSA) is 60.2 Å². The van der Waals surface area contributed by atoms with E-state index < -0.39 is 28.1 Å². The first-order chi connectivity index (χ1) is 8.65. The Hall–Kier alpha value is -1.05. The molecule has 0 aliphatic rings. The van der Waals surface area contributed by atoms with Crippen molar-refractivity contribution in [2.75, 3.05) is 5.34 Å². The number of carbonyl (C=O) groups is 1. The number of carbonyl (C=O) groups excluding carboxylic acids is 1. The van der Waals surface area contributed by atoms with Crippen LogP contribution in [-0.4, -0.2) is 22.2 Å². The quantitative estimate of drug-likeness (QED) is 0.347. The SMILES string of the molecule is ClCCl.O=C(c1cc(Cl)ccc1[N+](=O)[O-])C(F)(F)F. The minimum absolute atomic E-state index is 0.182. The van der Waals surface area contributed by atoms with Gasteiger partial charge >= 0.3 is 6.18 Å². The Balaban J connectivity index is 0.000000982. The van der Waals surface area contributed by atoms with E-state index >= 15 is 0 Å². The standard InChI is InChI=1S/C8H3ClF3NO3.CH2Cl2/c9-4-1-2-6(13(15)16)5(3-4)7(14)8(10,11)12;2-1-3/h1-3H;1H2. The molecule has 0 amide bonds. The highest BCUT2D eigenvalue weighted by atomic mass is 35.5. The van der Waals surface area contributed by atoms with Gasteiger partial charge in [0.05, 0.1) is 10.3 Å². The van der Waals surface area contributed by atoms with Crippen LogP contribution in [0.5, 0.6) is 0 Å². The number of halogens is 6. The van der Waals surface area contributed by atoms with Gasteiger partial charge in [0, 0.05) is 11.1 Å². The molecule has 0 spiro atoms. The van der Waals surface area contributed by atoms with Crippen LogP contribution in [0.2, 0.25) is 5.02 Å². The van der Waals surface area contributed by atoms with Crippen LogP contribution in [0.1, 0.15) is 10.4 Å². The predicted octanol–water partition coefficient (Wildman–Crippen LogP) is 4.41. The van der Waals surface area contributed by atoms with E-state index in [1.165, 1.54) is 0 Å². The molecule has 0 heterocycles. The van der Waals surface area contributed by atoms with Gasteiger partial charge in [-0.3, -0.25) is 14.9 Å². The third kappa shape index (κ3) is 5.63. The fourth-order valence-corrected chi connectivity index (χ4v) is 1.17. The zero-order valence-corrected chi connectivity index (χ0v) is 11.1. The van der Waals surface area contributed by atoms with Crippen LogP contribution in [0.4, 0.5) is 18.9 Å². The van der Waals surface area contributed by atoms with E-state index in [1.54, 1.807) is 0 Å². The van der Waals surface area contributed by atoms with Crippen molar-refractivity contribution in [3.63, 3.8) is 0 Å². The fourth-order valence-electron chi connectivity index (χ4n) is 1.00. The lowest BCUT2D eigenvalue weighted by Gasteiger charge is -2.05. The number of nitrogens with zero attached hydrogens (tertiary/aromatic N) is 1. The fraction of sp³-hybridized carbons (Fsp3) is 0.222. The van der Waals surface area contributed by atoms with Gasteiger partial charge in [0.2, 0.25) is 0 Å². The third-order valence-corrected chi connectivity index (χ3v) is 1.89. The molecule has 0 fully saturated rings. The largest absolute Gasteiger partial charge is 0.455 e. The van der Waals surface area contributed by atoms with Gasteiger partial charge in [-0.1, -0.05) is 11.6 Å². The van der Waals surface area contributed by atoms with Gasteiger partial charge in [0.15, 0.2) is 0 Å². The van der Waals surface area contributed by atoms with E-state index in [0.717, 1.165) is 12.1 Å². The summed E-state index contributed by atoms with van der Waals surface area (Å²) in [5.41, 5.74) is -1.99. The molecule has 1 aromatic carbocycles.